The number of nitrogens with one attached hydrogen (secondary N) is 1. The number of aryl methyl sites for hydroxylation is 2. The molecule has 0 aliphatic rings. The normalized spacial score (nSPS) is 10.8. The smallest absolute Gasteiger partial charge is 0.341 e. The van der Waals surface area contributed by atoms with E-state index in [1.54, 1.807) is 6.08 Å². The number of esters is 1. The van der Waals surface area contributed by atoms with Crippen LogP contribution in [0.15, 0.2) is 65.7 Å². The maximum absolute atomic E-state index is 13.0. The van der Waals surface area contributed by atoms with E-state index in [0.717, 1.165) is 33.5 Å². The third-order valence-electron chi connectivity index (χ3n) is 6.10. The molecule has 202 valence electrons. The lowest BCUT2D eigenvalue weighted by atomic mass is 9.97. The Morgan fingerprint density at radius 3 is 2.67 bits per heavy atom. The molecule has 4 aromatic rings. The van der Waals surface area contributed by atoms with Gasteiger partial charge in [0.1, 0.15) is 10.6 Å². The van der Waals surface area contributed by atoms with Gasteiger partial charge in [0.2, 0.25) is 5.91 Å². The van der Waals surface area contributed by atoms with Gasteiger partial charge in [-0.05, 0) is 37.1 Å². The number of hydrogen-bond acceptors (Lipinski definition) is 8. The van der Waals surface area contributed by atoms with Crippen molar-refractivity contribution in [3.63, 3.8) is 0 Å². The number of thiophene rings is 1. The van der Waals surface area contributed by atoms with Crippen molar-refractivity contribution in [2.24, 2.45) is 0 Å². The Kier molecular flexibility index (Phi) is 8.88. The van der Waals surface area contributed by atoms with Crippen LogP contribution in [0.25, 0.3) is 22.5 Å². The van der Waals surface area contributed by atoms with Gasteiger partial charge in [-0.3, -0.25) is 9.36 Å². The van der Waals surface area contributed by atoms with Gasteiger partial charge in [-0.2, -0.15) is 0 Å². The molecule has 0 bridgehead atoms. The minimum atomic E-state index is -0.495. The Labute approximate surface area is 236 Å². The maximum Gasteiger partial charge on any atom is 0.341 e. The molecule has 2 aromatic heterocycles. The van der Waals surface area contributed by atoms with Crippen LogP contribution in [0.3, 0.4) is 0 Å². The van der Waals surface area contributed by atoms with Crippen molar-refractivity contribution >= 4 is 45.7 Å². The summed E-state index contributed by atoms with van der Waals surface area (Å²) in [7, 11) is 5.31. The lowest BCUT2D eigenvalue weighted by molar-refractivity contribution is -0.113. The van der Waals surface area contributed by atoms with Crippen molar-refractivity contribution in [2.75, 3.05) is 37.2 Å². The molecule has 2 heterocycles. The van der Waals surface area contributed by atoms with Crippen LogP contribution in [0.4, 0.5) is 10.7 Å². The van der Waals surface area contributed by atoms with Crippen LogP contribution in [0.1, 0.15) is 21.5 Å². The summed E-state index contributed by atoms with van der Waals surface area (Å²) in [5.74, 6) is 0.0322. The number of aromatic nitrogens is 3. The average Bonchev–Trinajstić information content (AvgIpc) is 3.52. The molecule has 2 aromatic carbocycles. The Hall–Kier alpha value is -3.89. The van der Waals surface area contributed by atoms with Crippen molar-refractivity contribution in [1.29, 1.82) is 0 Å². The molecule has 0 aliphatic carbocycles. The number of ether oxygens (including phenoxy) is 1. The predicted octanol–water partition coefficient (Wildman–Crippen LogP) is 6.06. The molecule has 1 N–H and O–H groups in total. The molecule has 0 fully saturated rings. The minimum absolute atomic E-state index is 0.0876. The molecule has 10 heteroatoms. The molecule has 0 radical (unpaired) electrons. The summed E-state index contributed by atoms with van der Waals surface area (Å²) in [6.07, 6.45) is 1.77. The van der Waals surface area contributed by atoms with Crippen LogP contribution in [0.2, 0.25) is 0 Å². The van der Waals surface area contributed by atoms with Crippen LogP contribution < -0.4 is 10.2 Å². The van der Waals surface area contributed by atoms with E-state index in [9.17, 15) is 9.59 Å². The van der Waals surface area contributed by atoms with Crippen molar-refractivity contribution in [3.05, 3.63) is 77.2 Å². The first kappa shape index (κ1) is 28.1. The van der Waals surface area contributed by atoms with Crippen LogP contribution in [0, 0.1) is 13.8 Å². The first-order valence-corrected chi connectivity index (χ1v) is 14.1. The van der Waals surface area contributed by atoms with Gasteiger partial charge in [-0.15, -0.1) is 28.1 Å². The van der Waals surface area contributed by atoms with Gasteiger partial charge in [0, 0.05) is 42.8 Å². The highest BCUT2D eigenvalue weighted by Gasteiger charge is 2.24. The molecular formula is C29H31N5O3S2. The van der Waals surface area contributed by atoms with Crippen molar-refractivity contribution in [1.82, 2.24) is 14.8 Å². The number of allylic oxidation sites excluding steroid dienone is 1. The highest BCUT2D eigenvalue weighted by atomic mass is 32.2. The number of amides is 1. The molecule has 0 saturated carbocycles. The molecule has 0 saturated heterocycles. The summed E-state index contributed by atoms with van der Waals surface area (Å²) in [5.41, 5.74) is 6.11. The molecule has 1 amide bonds. The van der Waals surface area contributed by atoms with Crippen molar-refractivity contribution in [3.8, 4) is 22.5 Å². The quantitative estimate of drug-likeness (QED) is 0.143. The Balaban J connectivity index is 1.55. The van der Waals surface area contributed by atoms with Gasteiger partial charge < -0.3 is 15.0 Å². The fourth-order valence-corrected chi connectivity index (χ4v) is 5.81. The fourth-order valence-electron chi connectivity index (χ4n) is 4.10. The second kappa shape index (κ2) is 12.3. The molecule has 0 atom stereocenters. The molecule has 0 unspecified atom stereocenters. The van der Waals surface area contributed by atoms with Crippen LogP contribution in [-0.4, -0.2) is 53.6 Å². The van der Waals surface area contributed by atoms with E-state index in [1.165, 1.54) is 30.2 Å². The Bertz CT molecular complexity index is 1520. The van der Waals surface area contributed by atoms with E-state index in [4.69, 9.17) is 4.74 Å². The fraction of sp³-hybridized carbons (Fsp3) is 0.241. The van der Waals surface area contributed by atoms with E-state index in [-0.39, 0.29) is 11.7 Å². The monoisotopic (exact) mass is 561 g/mol. The van der Waals surface area contributed by atoms with E-state index in [0.29, 0.717) is 28.1 Å². The Morgan fingerprint density at radius 1 is 1.15 bits per heavy atom. The third-order valence-corrected chi connectivity index (χ3v) is 7.96. The number of rotatable bonds is 10. The van der Waals surface area contributed by atoms with E-state index < -0.39 is 5.97 Å². The van der Waals surface area contributed by atoms with Gasteiger partial charge in [0.05, 0.1) is 12.9 Å². The molecule has 8 nitrogen and oxygen atoms in total. The summed E-state index contributed by atoms with van der Waals surface area (Å²) >= 11 is 2.58. The summed E-state index contributed by atoms with van der Waals surface area (Å²) in [4.78, 5) is 27.8. The standard InChI is InChI=1S/C29H31N5O3S2/c1-7-13-34-26(20-9-8-10-21(15-20)33(4)5)31-32-29(34)39-17-24(35)30-27-25(28(36)37-6)23(16-38-27)22-14-18(2)11-12-19(22)3/h7-12,14-16H,1,13,17H2,2-6H3,(H,30,35). The summed E-state index contributed by atoms with van der Waals surface area (Å²) in [5, 5.41) is 14.6. The first-order valence-electron chi connectivity index (χ1n) is 12.3. The van der Waals surface area contributed by atoms with E-state index in [2.05, 4.69) is 22.1 Å². The number of anilines is 2. The van der Waals surface area contributed by atoms with E-state index in [1.807, 2.05) is 85.3 Å². The number of hydrogen-bond donors (Lipinski definition) is 1. The van der Waals surface area contributed by atoms with Gasteiger partial charge in [-0.1, -0.05) is 53.7 Å². The third kappa shape index (κ3) is 6.23. The number of thioether (sulfide) groups is 1. The zero-order valence-electron chi connectivity index (χ0n) is 22.6. The second-order valence-electron chi connectivity index (χ2n) is 9.15. The topological polar surface area (TPSA) is 89.3 Å². The summed E-state index contributed by atoms with van der Waals surface area (Å²) in [6, 6.07) is 14.1. The van der Waals surface area contributed by atoms with Gasteiger partial charge in [0.25, 0.3) is 0 Å². The summed E-state index contributed by atoms with van der Waals surface area (Å²) < 4.78 is 7.00. The van der Waals surface area contributed by atoms with Gasteiger partial charge >= 0.3 is 5.97 Å². The highest BCUT2D eigenvalue weighted by Crippen LogP contribution is 2.38. The first-order chi connectivity index (χ1) is 18.7. The zero-order chi connectivity index (χ0) is 28.1. The zero-order valence-corrected chi connectivity index (χ0v) is 24.3. The molecule has 39 heavy (non-hydrogen) atoms. The molecular weight excluding hydrogens is 530 g/mol. The average molecular weight is 562 g/mol. The maximum atomic E-state index is 13.0. The highest BCUT2D eigenvalue weighted by molar-refractivity contribution is 7.99. The second-order valence-corrected chi connectivity index (χ2v) is 11.0. The molecule has 0 spiro atoms. The van der Waals surface area contributed by atoms with Crippen LogP contribution in [-0.2, 0) is 16.1 Å². The van der Waals surface area contributed by atoms with Crippen LogP contribution >= 0.6 is 23.1 Å². The van der Waals surface area contributed by atoms with Crippen molar-refractivity contribution in [2.45, 2.75) is 25.5 Å². The number of nitrogens with zero attached hydrogens (tertiary/aromatic N) is 4. The minimum Gasteiger partial charge on any atom is -0.465 e. The van der Waals surface area contributed by atoms with Crippen LogP contribution in [0.5, 0.6) is 0 Å². The van der Waals surface area contributed by atoms with E-state index >= 15 is 0 Å². The SMILES string of the molecule is C=CCn1c(SCC(=O)Nc2scc(-c3cc(C)ccc3C)c2C(=O)OC)nnc1-c1cccc(N(C)C)c1. The lowest BCUT2D eigenvalue weighted by Gasteiger charge is -2.14. The number of methoxy groups -OCH3 is 1. The number of carbonyl (C=O) groups excluding carboxylic acids is 2. The largest absolute Gasteiger partial charge is 0.465 e. The molecule has 0 aliphatic heterocycles. The molecule has 4 rings (SSSR count). The Morgan fingerprint density at radius 2 is 1.95 bits per heavy atom. The van der Waals surface area contributed by atoms with Gasteiger partial charge in [-0.25, -0.2) is 4.79 Å². The van der Waals surface area contributed by atoms with Crippen molar-refractivity contribution < 1.29 is 14.3 Å². The summed E-state index contributed by atoms with van der Waals surface area (Å²) in [6.45, 7) is 8.36. The predicted molar refractivity (Wildman–Crippen MR) is 160 cm³/mol. The number of benzene rings is 2. The lowest BCUT2D eigenvalue weighted by Crippen LogP contribution is -2.16. The van der Waals surface area contributed by atoms with Gasteiger partial charge in [0.15, 0.2) is 11.0 Å². The number of carbonyl (C=O) groups is 2.